The molecule has 0 bridgehead atoms. The third-order valence-electron chi connectivity index (χ3n) is 3.73. The van der Waals surface area contributed by atoms with Gasteiger partial charge in [-0.2, -0.15) is 0 Å². The third-order valence-corrected chi connectivity index (χ3v) is 3.73. The molecule has 5 heteroatoms. The van der Waals surface area contributed by atoms with Crippen LogP contribution in [0.2, 0.25) is 0 Å². The van der Waals surface area contributed by atoms with Crippen molar-refractivity contribution >= 4 is 23.6 Å². The molecular weight excluding hydrogens is 319 g/mol. The summed E-state index contributed by atoms with van der Waals surface area (Å²) in [4.78, 5) is 25.5. The van der Waals surface area contributed by atoms with Crippen molar-refractivity contribution in [1.82, 2.24) is 4.90 Å². The van der Waals surface area contributed by atoms with Gasteiger partial charge in [0.05, 0.1) is 6.54 Å². The van der Waals surface area contributed by atoms with Crippen LogP contribution >= 0.6 is 0 Å². The van der Waals surface area contributed by atoms with Gasteiger partial charge < -0.3 is 10.2 Å². The van der Waals surface area contributed by atoms with Crippen molar-refractivity contribution in [2.24, 2.45) is 0 Å². The highest BCUT2D eigenvalue weighted by Gasteiger charge is 2.12. The fourth-order valence-electron chi connectivity index (χ4n) is 2.25. The number of anilines is 1. The zero-order chi connectivity index (χ0) is 18.4. The van der Waals surface area contributed by atoms with Gasteiger partial charge in [-0.05, 0) is 43.2 Å². The minimum atomic E-state index is -0.401. The first-order valence-electron chi connectivity index (χ1n) is 7.91. The van der Waals surface area contributed by atoms with Crippen LogP contribution in [0.4, 0.5) is 10.1 Å². The molecule has 0 fully saturated rings. The Balaban J connectivity index is 1.95. The van der Waals surface area contributed by atoms with E-state index in [1.807, 2.05) is 32.0 Å². The summed E-state index contributed by atoms with van der Waals surface area (Å²) >= 11 is 0. The largest absolute Gasteiger partial charge is 0.333 e. The van der Waals surface area contributed by atoms with Gasteiger partial charge in [0.25, 0.3) is 0 Å². The smallest absolute Gasteiger partial charge is 0.246 e. The molecule has 2 amide bonds. The number of benzene rings is 2. The zero-order valence-corrected chi connectivity index (χ0v) is 14.5. The van der Waals surface area contributed by atoms with Crippen LogP contribution in [0.25, 0.3) is 6.08 Å². The second kappa shape index (κ2) is 8.24. The Morgan fingerprint density at radius 1 is 1.16 bits per heavy atom. The van der Waals surface area contributed by atoms with E-state index in [-0.39, 0.29) is 18.4 Å². The number of nitrogens with zero attached hydrogens (tertiary/aromatic N) is 1. The van der Waals surface area contributed by atoms with Crippen LogP contribution in [0.15, 0.2) is 48.5 Å². The van der Waals surface area contributed by atoms with Crippen LogP contribution < -0.4 is 5.32 Å². The molecule has 0 unspecified atom stereocenters. The summed E-state index contributed by atoms with van der Waals surface area (Å²) in [6, 6.07) is 11.9. The Morgan fingerprint density at radius 3 is 2.60 bits per heavy atom. The molecule has 130 valence electrons. The van der Waals surface area contributed by atoms with Gasteiger partial charge >= 0.3 is 0 Å². The molecular formula is C20H21FN2O2. The van der Waals surface area contributed by atoms with E-state index < -0.39 is 5.82 Å². The molecule has 0 atom stereocenters. The van der Waals surface area contributed by atoms with Crippen LogP contribution in [0.5, 0.6) is 0 Å². The number of halogens is 1. The predicted octanol–water partition coefficient (Wildman–Crippen LogP) is 3.55. The lowest BCUT2D eigenvalue weighted by Crippen LogP contribution is -2.34. The maximum absolute atomic E-state index is 13.5. The second-order valence-electron chi connectivity index (χ2n) is 5.92. The lowest BCUT2D eigenvalue weighted by Gasteiger charge is -2.16. The van der Waals surface area contributed by atoms with Crippen LogP contribution in [-0.2, 0) is 9.59 Å². The fourth-order valence-corrected chi connectivity index (χ4v) is 2.25. The van der Waals surface area contributed by atoms with E-state index in [2.05, 4.69) is 5.32 Å². The van der Waals surface area contributed by atoms with Gasteiger partial charge in [-0.15, -0.1) is 0 Å². The number of carbonyl (C=O) groups excluding carboxylic acids is 2. The highest BCUT2D eigenvalue weighted by atomic mass is 19.1. The molecule has 0 aliphatic heterocycles. The van der Waals surface area contributed by atoms with Crippen molar-refractivity contribution in [3.63, 3.8) is 0 Å². The van der Waals surface area contributed by atoms with E-state index in [9.17, 15) is 14.0 Å². The standard InChI is InChI=1S/C20H21FN2O2/c1-14-8-9-15(2)18(12-14)22-19(24)13-23(3)20(25)11-10-16-6-4-5-7-17(16)21/h4-12H,13H2,1-3H3,(H,22,24)/b11-10+. The summed E-state index contributed by atoms with van der Waals surface area (Å²) in [5, 5.41) is 2.80. The van der Waals surface area contributed by atoms with E-state index in [1.165, 1.54) is 30.2 Å². The number of likely N-dealkylation sites (N-methyl/N-ethyl adjacent to an activating group) is 1. The molecule has 2 aromatic rings. The average Bonchev–Trinajstić information content (AvgIpc) is 2.57. The zero-order valence-electron chi connectivity index (χ0n) is 14.5. The first-order valence-corrected chi connectivity index (χ1v) is 7.91. The molecule has 25 heavy (non-hydrogen) atoms. The van der Waals surface area contributed by atoms with Crippen LogP contribution in [0, 0.1) is 19.7 Å². The summed E-state index contributed by atoms with van der Waals surface area (Å²) < 4.78 is 13.5. The van der Waals surface area contributed by atoms with Gasteiger partial charge in [0, 0.05) is 24.4 Å². The number of rotatable bonds is 5. The summed E-state index contributed by atoms with van der Waals surface area (Å²) in [5.41, 5.74) is 3.04. The normalized spacial score (nSPS) is 10.7. The van der Waals surface area contributed by atoms with Crippen LogP contribution in [0.1, 0.15) is 16.7 Å². The lowest BCUT2D eigenvalue weighted by atomic mass is 10.1. The highest BCUT2D eigenvalue weighted by molar-refractivity contribution is 5.98. The van der Waals surface area contributed by atoms with Gasteiger partial charge in [-0.1, -0.05) is 30.3 Å². The van der Waals surface area contributed by atoms with E-state index in [0.29, 0.717) is 5.56 Å². The summed E-state index contributed by atoms with van der Waals surface area (Å²) in [6.45, 7) is 3.76. The summed E-state index contributed by atoms with van der Waals surface area (Å²) in [5.74, 6) is -1.06. The van der Waals surface area contributed by atoms with E-state index in [0.717, 1.165) is 16.8 Å². The summed E-state index contributed by atoms with van der Waals surface area (Å²) in [7, 11) is 1.52. The van der Waals surface area contributed by atoms with Gasteiger partial charge in [0.15, 0.2) is 0 Å². The molecule has 0 heterocycles. The molecule has 4 nitrogen and oxygen atoms in total. The number of amides is 2. The van der Waals surface area contributed by atoms with Crippen molar-refractivity contribution in [2.45, 2.75) is 13.8 Å². The Bertz CT molecular complexity index is 815. The first kappa shape index (κ1) is 18.4. The molecule has 0 radical (unpaired) electrons. The molecule has 0 aromatic heterocycles. The molecule has 0 spiro atoms. The molecule has 2 rings (SSSR count). The minimum Gasteiger partial charge on any atom is -0.333 e. The van der Waals surface area contributed by atoms with Gasteiger partial charge in [0.2, 0.25) is 11.8 Å². The predicted molar refractivity (Wildman–Crippen MR) is 97.6 cm³/mol. The second-order valence-corrected chi connectivity index (χ2v) is 5.92. The minimum absolute atomic E-state index is 0.0895. The Hall–Kier alpha value is -2.95. The van der Waals surface area contributed by atoms with E-state index in [4.69, 9.17) is 0 Å². The van der Waals surface area contributed by atoms with Gasteiger partial charge in [0.1, 0.15) is 5.82 Å². The highest BCUT2D eigenvalue weighted by Crippen LogP contribution is 2.16. The number of carbonyl (C=O) groups is 2. The van der Waals surface area contributed by atoms with Crippen molar-refractivity contribution in [1.29, 1.82) is 0 Å². The van der Waals surface area contributed by atoms with Crippen molar-refractivity contribution in [2.75, 3.05) is 18.9 Å². The third kappa shape index (κ3) is 5.28. The maximum Gasteiger partial charge on any atom is 0.246 e. The van der Waals surface area contributed by atoms with Crippen molar-refractivity contribution in [3.05, 3.63) is 71.0 Å². The molecule has 0 saturated heterocycles. The fraction of sp³-hybridized carbons (Fsp3) is 0.200. The Kier molecular flexibility index (Phi) is 6.06. The van der Waals surface area contributed by atoms with E-state index >= 15 is 0 Å². The number of hydrogen-bond donors (Lipinski definition) is 1. The Labute approximate surface area is 147 Å². The maximum atomic E-state index is 13.5. The lowest BCUT2D eigenvalue weighted by molar-refractivity contribution is -0.129. The number of nitrogens with one attached hydrogen (secondary N) is 1. The quantitative estimate of drug-likeness (QED) is 0.846. The van der Waals surface area contributed by atoms with Crippen molar-refractivity contribution < 1.29 is 14.0 Å². The molecule has 1 N–H and O–H groups in total. The topological polar surface area (TPSA) is 49.4 Å². The average molecular weight is 340 g/mol. The number of aryl methyl sites for hydroxylation is 2. The molecule has 2 aromatic carbocycles. The Morgan fingerprint density at radius 2 is 1.88 bits per heavy atom. The SMILES string of the molecule is Cc1ccc(C)c(NC(=O)CN(C)C(=O)/C=C/c2ccccc2F)c1. The molecule has 0 aliphatic carbocycles. The monoisotopic (exact) mass is 340 g/mol. The van der Waals surface area contributed by atoms with Crippen LogP contribution in [0.3, 0.4) is 0 Å². The van der Waals surface area contributed by atoms with Gasteiger partial charge in [-0.25, -0.2) is 4.39 Å². The van der Waals surface area contributed by atoms with Crippen LogP contribution in [-0.4, -0.2) is 30.3 Å². The van der Waals surface area contributed by atoms with E-state index in [1.54, 1.807) is 18.2 Å². The first-order chi connectivity index (χ1) is 11.9. The molecule has 0 saturated carbocycles. The van der Waals surface area contributed by atoms with Gasteiger partial charge in [-0.3, -0.25) is 9.59 Å². The summed E-state index contributed by atoms with van der Waals surface area (Å²) in [6.07, 6.45) is 2.65. The van der Waals surface area contributed by atoms with Crippen molar-refractivity contribution in [3.8, 4) is 0 Å². The molecule has 0 aliphatic rings. The number of hydrogen-bond acceptors (Lipinski definition) is 2.